The highest BCUT2D eigenvalue weighted by atomic mass is 32.2. The Bertz CT molecular complexity index is 1190. The van der Waals surface area contributed by atoms with Crippen LogP contribution in [0.3, 0.4) is 0 Å². The molecule has 0 spiro atoms. The second-order valence-electron chi connectivity index (χ2n) is 6.90. The minimum atomic E-state index is -0.353. The van der Waals surface area contributed by atoms with Gasteiger partial charge in [-0.3, -0.25) is 30.1 Å². The van der Waals surface area contributed by atoms with Crippen molar-refractivity contribution in [3.63, 3.8) is 0 Å². The van der Waals surface area contributed by atoms with Crippen molar-refractivity contribution in [1.82, 2.24) is 25.7 Å². The van der Waals surface area contributed by atoms with Crippen LogP contribution in [0.4, 0.5) is 0 Å². The summed E-state index contributed by atoms with van der Waals surface area (Å²) in [5, 5.41) is 0.627. The van der Waals surface area contributed by atoms with Gasteiger partial charge in [-0.2, -0.15) is 0 Å². The first-order valence-corrected chi connectivity index (χ1v) is 12.1. The molecule has 33 heavy (non-hydrogen) atoms. The van der Waals surface area contributed by atoms with Gasteiger partial charge < -0.3 is 9.40 Å². The molecule has 170 valence electrons. The Morgan fingerprint density at radius 1 is 1.21 bits per heavy atom. The number of para-hydroxylation sites is 2. The number of aromatic amines is 1. The summed E-state index contributed by atoms with van der Waals surface area (Å²) in [4.78, 5) is 46.0. The van der Waals surface area contributed by atoms with E-state index in [0.717, 1.165) is 11.0 Å². The number of furan rings is 1. The quantitative estimate of drug-likeness (QED) is 0.186. The largest absolute Gasteiger partial charge is 0.465 e. The molecule has 3 aromatic rings. The molecule has 0 saturated carbocycles. The average Bonchev–Trinajstić information content (AvgIpc) is 3.52. The number of amides is 3. The number of carbonyl (C=O) groups is 3. The van der Waals surface area contributed by atoms with Crippen molar-refractivity contribution in [2.24, 2.45) is 0 Å². The Labute approximate surface area is 202 Å². The molecule has 1 aliphatic rings. The number of nitrogens with one attached hydrogen (secondary N) is 3. The number of thiocarbonyl (C=S) groups is 1. The van der Waals surface area contributed by atoms with Crippen LogP contribution >= 0.6 is 35.7 Å². The van der Waals surface area contributed by atoms with Gasteiger partial charge in [0.2, 0.25) is 11.8 Å². The molecule has 9 nitrogen and oxygen atoms in total. The molecule has 0 atom stereocenters. The summed E-state index contributed by atoms with van der Waals surface area (Å²) in [6.45, 7) is 0.309. The number of hydrogen-bond acceptors (Lipinski definition) is 8. The number of rotatable bonds is 8. The first kappa shape index (κ1) is 23.1. The van der Waals surface area contributed by atoms with E-state index in [-0.39, 0.29) is 29.9 Å². The smallest absolute Gasteiger partial charge is 0.266 e. The fourth-order valence-corrected chi connectivity index (χ4v) is 4.94. The second kappa shape index (κ2) is 10.7. The molecule has 1 aliphatic heterocycles. The Balaban J connectivity index is 1.15. The Morgan fingerprint density at radius 2 is 2.03 bits per heavy atom. The highest BCUT2D eigenvalue weighted by Crippen LogP contribution is 2.32. The van der Waals surface area contributed by atoms with Crippen LogP contribution < -0.4 is 10.9 Å². The lowest BCUT2D eigenvalue weighted by atomic mass is 10.3. The number of hydrazine groups is 1. The van der Waals surface area contributed by atoms with Crippen LogP contribution in [0.15, 0.2) is 57.1 Å². The number of carbonyl (C=O) groups excluding carboxylic acids is 3. The van der Waals surface area contributed by atoms with Crippen molar-refractivity contribution in [3.05, 3.63) is 53.3 Å². The van der Waals surface area contributed by atoms with Gasteiger partial charge in [0.15, 0.2) is 5.16 Å². The minimum Gasteiger partial charge on any atom is -0.465 e. The van der Waals surface area contributed by atoms with Crippen LogP contribution in [0.1, 0.15) is 18.6 Å². The molecule has 0 radical (unpaired) electrons. The number of H-pyrrole nitrogens is 1. The molecule has 0 unspecified atom stereocenters. The summed E-state index contributed by atoms with van der Waals surface area (Å²) in [5.41, 5.74) is 6.49. The molecule has 12 heteroatoms. The molecule has 2 aromatic heterocycles. The van der Waals surface area contributed by atoms with Crippen LogP contribution in [0.25, 0.3) is 17.1 Å². The summed E-state index contributed by atoms with van der Waals surface area (Å²) < 4.78 is 5.67. The van der Waals surface area contributed by atoms with Crippen LogP contribution in [0, 0.1) is 0 Å². The summed E-state index contributed by atoms with van der Waals surface area (Å²) in [6.07, 6.45) is 3.70. The normalized spacial score (nSPS) is 14.9. The van der Waals surface area contributed by atoms with Gasteiger partial charge in [0, 0.05) is 19.0 Å². The first-order chi connectivity index (χ1) is 16.0. The molecule has 1 saturated heterocycles. The molecule has 0 bridgehead atoms. The van der Waals surface area contributed by atoms with Crippen LogP contribution in [-0.2, 0) is 14.4 Å². The highest BCUT2D eigenvalue weighted by Gasteiger charge is 2.31. The van der Waals surface area contributed by atoms with E-state index in [2.05, 4.69) is 20.8 Å². The molecular formula is C21H19N5O4S3. The van der Waals surface area contributed by atoms with E-state index >= 15 is 0 Å². The molecule has 3 heterocycles. The number of thioether (sulfide) groups is 2. The van der Waals surface area contributed by atoms with E-state index in [1.165, 1.54) is 34.7 Å². The maximum absolute atomic E-state index is 12.5. The van der Waals surface area contributed by atoms with Gasteiger partial charge in [-0.25, -0.2) is 4.98 Å². The Morgan fingerprint density at radius 3 is 2.82 bits per heavy atom. The van der Waals surface area contributed by atoms with Crippen LogP contribution in [0.2, 0.25) is 0 Å². The lowest BCUT2D eigenvalue weighted by Crippen LogP contribution is -2.42. The highest BCUT2D eigenvalue weighted by molar-refractivity contribution is 8.26. The van der Waals surface area contributed by atoms with Crippen molar-refractivity contribution in [1.29, 1.82) is 0 Å². The van der Waals surface area contributed by atoms with Crippen molar-refractivity contribution >= 4 is 74.9 Å². The van der Waals surface area contributed by atoms with E-state index < -0.39 is 0 Å². The van der Waals surface area contributed by atoms with Crippen molar-refractivity contribution in [2.75, 3.05) is 12.3 Å². The standard InChI is InChI=1S/C21H19N5O4S3/c27-17(24-25-18(28)12-32-20-22-14-6-1-2-7-15(14)23-20)8-3-9-26-19(29)16(33-21(26)31)11-13-5-4-10-30-13/h1-2,4-7,10-11H,3,8-9,12H2,(H,22,23)(H,24,27)(H,25,28). The van der Waals surface area contributed by atoms with Gasteiger partial charge in [-0.05, 0) is 30.7 Å². The van der Waals surface area contributed by atoms with E-state index in [4.69, 9.17) is 16.6 Å². The number of imidazole rings is 1. The van der Waals surface area contributed by atoms with Gasteiger partial charge in [-0.15, -0.1) is 0 Å². The van der Waals surface area contributed by atoms with Crippen molar-refractivity contribution in [2.45, 2.75) is 18.0 Å². The maximum Gasteiger partial charge on any atom is 0.266 e. The minimum absolute atomic E-state index is 0.0959. The fraction of sp³-hybridized carbons (Fsp3) is 0.190. The van der Waals surface area contributed by atoms with Gasteiger partial charge in [0.05, 0.1) is 28.0 Å². The second-order valence-corrected chi connectivity index (χ2v) is 9.54. The number of aromatic nitrogens is 2. The number of nitrogens with zero attached hydrogens (tertiary/aromatic N) is 2. The summed E-state index contributed by atoms with van der Waals surface area (Å²) in [7, 11) is 0. The van der Waals surface area contributed by atoms with Gasteiger partial charge in [-0.1, -0.05) is 47.9 Å². The summed E-state index contributed by atoms with van der Waals surface area (Å²) in [6, 6.07) is 11.1. The fourth-order valence-electron chi connectivity index (χ4n) is 2.96. The predicted octanol–water partition coefficient (Wildman–Crippen LogP) is 3.08. The van der Waals surface area contributed by atoms with Crippen LogP contribution in [0.5, 0.6) is 0 Å². The maximum atomic E-state index is 12.5. The predicted molar refractivity (Wildman–Crippen MR) is 131 cm³/mol. The Kier molecular flexibility index (Phi) is 7.47. The van der Waals surface area contributed by atoms with E-state index in [9.17, 15) is 14.4 Å². The molecule has 0 aliphatic carbocycles. The molecule has 1 aromatic carbocycles. The average molecular weight is 502 g/mol. The lowest BCUT2D eigenvalue weighted by molar-refractivity contribution is -0.128. The molecule has 4 rings (SSSR count). The first-order valence-electron chi connectivity index (χ1n) is 9.94. The topological polar surface area (TPSA) is 120 Å². The molecule has 3 amide bonds. The monoisotopic (exact) mass is 501 g/mol. The third-order valence-corrected chi connectivity index (χ3v) is 6.78. The SMILES string of the molecule is O=C(CCCN1C(=O)C(=Cc2ccco2)SC1=S)NNC(=O)CSc1nc2ccccc2[nH]1. The Hall–Kier alpha value is -3.09. The zero-order valence-corrected chi connectivity index (χ0v) is 19.6. The third kappa shape index (κ3) is 6.03. The molecule has 3 N–H and O–H groups in total. The van der Waals surface area contributed by atoms with E-state index in [1.807, 2.05) is 24.3 Å². The molecular weight excluding hydrogens is 482 g/mol. The van der Waals surface area contributed by atoms with Gasteiger partial charge >= 0.3 is 0 Å². The van der Waals surface area contributed by atoms with Crippen LogP contribution in [-0.4, -0.2) is 49.2 Å². The van der Waals surface area contributed by atoms with Gasteiger partial charge in [0.25, 0.3) is 5.91 Å². The van der Waals surface area contributed by atoms with E-state index in [0.29, 0.717) is 33.1 Å². The summed E-state index contributed by atoms with van der Waals surface area (Å²) in [5.74, 6) is -0.247. The van der Waals surface area contributed by atoms with E-state index in [1.54, 1.807) is 18.2 Å². The summed E-state index contributed by atoms with van der Waals surface area (Å²) >= 11 is 7.71. The molecule has 1 fully saturated rings. The number of fused-ring (bicyclic) bond motifs is 1. The van der Waals surface area contributed by atoms with Crippen molar-refractivity contribution in [3.8, 4) is 0 Å². The van der Waals surface area contributed by atoms with Gasteiger partial charge in [0.1, 0.15) is 10.1 Å². The number of hydrogen-bond donors (Lipinski definition) is 3. The van der Waals surface area contributed by atoms with Crippen molar-refractivity contribution < 1.29 is 18.8 Å². The number of benzene rings is 1. The zero-order valence-electron chi connectivity index (χ0n) is 17.2. The zero-order chi connectivity index (χ0) is 23.2. The third-order valence-electron chi connectivity index (χ3n) is 4.52. The lowest BCUT2D eigenvalue weighted by Gasteiger charge is -2.14.